The summed E-state index contributed by atoms with van der Waals surface area (Å²) >= 11 is 8.00. The fraction of sp³-hybridized carbons (Fsp3) is 0.0769. The number of carbonyl (C=O) groups is 1. The van der Waals surface area contributed by atoms with Crippen molar-refractivity contribution in [2.24, 2.45) is 0 Å². The van der Waals surface area contributed by atoms with Crippen LogP contribution in [0.5, 0.6) is 0 Å². The first-order valence-corrected chi connectivity index (χ1v) is 6.74. The third-order valence-electron chi connectivity index (χ3n) is 2.35. The van der Waals surface area contributed by atoms with E-state index in [0.29, 0.717) is 17.1 Å². The third kappa shape index (κ3) is 3.43. The first-order chi connectivity index (χ1) is 8.66. The first kappa shape index (κ1) is 13.3. The van der Waals surface area contributed by atoms with Gasteiger partial charge in [-0.2, -0.15) is 0 Å². The van der Waals surface area contributed by atoms with Gasteiger partial charge in [-0.3, -0.25) is 9.78 Å². The quantitative estimate of drug-likeness (QED) is 0.840. The van der Waals surface area contributed by atoms with Crippen LogP contribution in [0.25, 0.3) is 0 Å². The topological polar surface area (TPSA) is 42.0 Å². The number of carbonyl (C=O) groups excluding carboxylic acids is 1. The summed E-state index contributed by atoms with van der Waals surface area (Å²) in [5.41, 5.74) is 1.55. The molecule has 1 heterocycles. The predicted octanol–water partition coefficient (Wildman–Crippen LogP) is 3.27. The average molecular weight is 373 g/mol. The maximum atomic E-state index is 12.0. The number of nitrogens with one attached hydrogen (secondary N) is 1. The van der Waals surface area contributed by atoms with Crippen LogP contribution in [0.1, 0.15) is 15.9 Å². The highest BCUT2D eigenvalue weighted by Gasteiger charge is 2.10. The van der Waals surface area contributed by atoms with Crippen molar-refractivity contribution < 1.29 is 4.79 Å². The summed E-state index contributed by atoms with van der Waals surface area (Å²) in [4.78, 5) is 16.0. The Morgan fingerprint density at radius 2 is 2.22 bits per heavy atom. The Labute approximate surface area is 124 Å². The van der Waals surface area contributed by atoms with Crippen LogP contribution in [-0.2, 0) is 6.54 Å². The Morgan fingerprint density at radius 1 is 1.39 bits per heavy atom. The van der Waals surface area contributed by atoms with Gasteiger partial charge in [0.25, 0.3) is 5.91 Å². The molecule has 0 spiro atoms. The van der Waals surface area contributed by atoms with Crippen LogP contribution in [0.2, 0.25) is 5.02 Å². The third-order valence-corrected chi connectivity index (χ3v) is 3.52. The van der Waals surface area contributed by atoms with Gasteiger partial charge in [0, 0.05) is 27.5 Å². The van der Waals surface area contributed by atoms with Crippen LogP contribution in [0.4, 0.5) is 0 Å². The molecule has 2 aromatic rings. The molecule has 0 aliphatic carbocycles. The molecule has 0 fully saturated rings. The number of hydrogen-bond donors (Lipinski definition) is 1. The van der Waals surface area contributed by atoms with E-state index in [1.54, 1.807) is 24.5 Å². The first-order valence-electron chi connectivity index (χ1n) is 5.29. The van der Waals surface area contributed by atoms with Crippen LogP contribution in [0, 0.1) is 3.57 Å². The summed E-state index contributed by atoms with van der Waals surface area (Å²) in [6.07, 6.45) is 3.43. The van der Waals surface area contributed by atoms with E-state index >= 15 is 0 Å². The van der Waals surface area contributed by atoms with Crippen LogP contribution < -0.4 is 5.32 Å². The average Bonchev–Trinajstić information content (AvgIpc) is 2.40. The lowest BCUT2D eigenvalue weighted by molar-refractivity contribution is 0.0950. The summed E-state index contributed by atoms with van der Waals surface area (Å²) in [5, 5.41) is 3.40. The fourth-order valence-electron chi connectivity index (χ4n) is 1.45. The minimum atomic E-state index is -0.134. The van der Waals surface area contributed by atoms with Crippen molar-refractivity contribution in [2.75, 3.05) is 0 Å². The lowest BCUT2D eigenvalue weighted by Gasteiger charge is -2.07. The normalized spacial score (nSPS) is 10.1. The van der Waals surface area contributed by atoms with Crippen molar-refractivity contribution in [3.63, 3.8) is 0 Å². The van der Waals surface area contributed by atoms with Gasteiger partial charge < -0.3 is 5.32 Å². The van der Waals surface area contributed by atoms with E-state index in [-0.39, 0.29) is 5.91 Å². The lowest BCUT2D eigenvalue weighted by Crippen LogP contribution is -2.23. The van der Waals surface area contributed by atoms with E-state index in [0.717, 1.165) is 9.13 Å². The fourth-order valence-corrected chi connectivity index (χ4v) is 2.20. The molecule has 0 atom stereocenters. The van der Waals surface area contributed by atoms with Crippen LogP contribution >= 0.6 is 34.2 Å². The molecule has 0 radical (unpaired) electrons. The van der Waals surface area contributed by atoms with Gasteiger partial charge in [0.2, 0.25) is 0 Å². The predicted molar refractivity (Wildman–Crippen MR) is 79.6 cm³/mol. The second kappa shape index (κ2) is 6.15. The number of amides is 1. The Bertz CT molecular complexity index is 560. The van der Waals surface area contributed by atoms with Crippen LogP contribution in [0.15, 0.2) is 42.7 Å². The monoisotopic (exact) mass is 372 g/mol. The molecule has 0 unspecified atom stereocenters. The van der Waals surface area contributed by atoms with E-state index in [2.05, 4.69) is 32.9 Å². The van der Waals surface area contributed by atoms with E-state index in [9.17, 15) is 4.79 Å². The summed E-state index contributed by atoms with van der Waals surface area (Å²) in [7, 11) is 0. The second-order valence-corrected chi connectivity index (χ2v) is 5.27. The summed E-state index contributed by atoms with van der Waals surface area (Å²) in [5.74, 6) is -0.134. The minimum Gasteiger partial charge on any atom is -0.348 e. The molecule has 0 aliphatic rings. The highest BCUT2D eigenvalue weighted by atomic mass is 127. The number of rotatable bonds is 3. The molecular weight excluding hydrogens is 363 g/mol. The van der Waals surface area contributed by atoms with Gasteiger partial charge in [-0.05, 0) is 52.4 Å². The van der Waals surface area contributed by atoms with Crippen molar-refractivity contribution >= 4 is 40.1 Å². The van der Waals surface area contributed by atoms with Crippen molar-refractivity contribution in [1.82, 2.24) is 10.3 Å². The van der Waals surface area contributed by atoms with Gasteiger partial charge in [0.15, 0.2) is 0 Å². The Kier molecular flexibility index (Phi) is 4.54. The van der Waals surface area contributed by atoms with Gasteiger partial charge in [0.1, 0.15) is 0 Å². The number of pyridine rings is 1. The lowest BCUT2D eigenvalue weighted by atomic mass is 10.2. The number of benzene rings is 1. The number of hydrogen-bond acceptors (Lipinski definition) is 2. The zero-order valence-electron chi connectivity index (χ0n) is 9.36. The molecule has 1 N–H and O–H groups in total. The molecular formula is C13H10ClIN2O. The van der Waals surface area contributed by atoms with E-state index in [1.165, 1.54) is 0 Å². The molecule has 0 saturated carbocycles. The number of nitrogens with zero attached hydrogens (tertiary/aromatic N) is 1. The van der Waals surface area contributed by atoms with Gasteiger partial charge in [-0.15, -0.1) is 0 Å². The van der Waals surface area contributed by atoms with Gasteiger partial charge in [-0.25, -0.2) is 0 Å². The Hall–Kier alpha value is -1.14. The molecule has 3 nitrogen and oxygen atoms in total. The molecule has 0 bridgehead atoms. The highest BCUT2D eigenvalue weighted by Crippen LogP contribution is 2.17. The van der Waals surface area contributed by atoms with Crippen LogP contribution in [-0.4, -0.2) is 10.9 Å². The summed E-state index contributed by atoms with van der Waals surface area (Å²) in [6.45, 7) is 0.454. The van der Waals surface area contributed by atoms with Gasteiger partial charge >= 0.3 is 0 Å². The molecule has 0 saturated heterocycles. The van der Waals surface area contributed by atoms with E-state index in [4.69, 9.17) is 11.6 Å². The van der Waals surface area contributed by atoms with Gasteiger partial charge in [0.05, 0.1) is 5.56 Å². The molecule has 2 rings (SSSR count). The van der Waals surface area contributed by atoms with Crippen molar-refractivity contribution in [2.45, 2.75) is 6.54 Å². The zero-order chi connectivity index (χ0) is 13.0. The van der Waals surface area contributed by atoms with Gasteiger partial charge in [-0.1, -0.05) is 17.7 Å². The minimum absolute atomic E-state index is 0.134. The standard InChI is InChI=1S/C13H10ClIN2O/c14-10-3-4-12(15)11(6-10)13(18)17-8-9-2-1-5-16-7-9/h1-7H,8H2,(H,17,18). The van der Waals surface area contributed by atoms with E-state index < -0.39 is 0 Å². The zero-order valence-corrected chi connectivity index (χ0v) is 12.3. The molecule has 92 valence electrons. The number of aromatic nitrogens is 1. The highest BCUT2D eigenvalue weighted by molar-refractivity contribution is 14.1. The SMILES string of the molecule is O=C(NCc1cccnc1)c1cc(Cl)ccc1I. The molecule has 1 aromatic heterocycles. The van der Waals surface area contributed by atoms with Crippen molar-refractivity contribution in [3.8, 4) is 0 Å². The summed E-state index contributed by atoms with van der Waals surface area (Å²) < 4.78 is 0.876. The van der Waals surface area contributed by atoms with Crippen molar-refractivity contribution in [3.05, 3.63) is 62.4 Å². The smallest absolute Gasteiger partial charge is 0.252 e. The number of halogens is 2. The Balaban J connectivity index is 2.06. The maximum Gasteiger partial charge on any atom is 0.252 e. The Morgan fingerprint density at radius 3 is 2.94 bits per heavy atom. The largest absolute Gasteiger partial charge is 0.348 e. The molecule has 1 aromatic carbocycles. The van der Waals surface area contributed by atoms with Crippen LogP contribution in [0.3, 0.4) is 0 Å². The van der Waals surface area contributed by atoms with Crippen molar-refractivity contribution in [1.29, 1.82) is 0 Å². The molecule has 1 amide bonds. The molecule has 18 heavy (non-hydrogen) atoms. The summed E-state index contributed by atoms with van der Waals surface area (Å²) in [6, 6.07) is 9.01. The van der Waals surface area contributed by atoms with E-state index in [1.807, 2.05) is 18.2 Å². The molecule has 0 aliphatic heterocycles. The molecule has 5 heteroatoms. The maximum absolute atomic E-state index is 12.0. The second-order valence-electron chi connectivity index (χ2n) is 3.67.